The number of fused-ring (bicyclic) bond motifs is 1. The number of piperazine rings is 1. The van der Waals surface area contributed by atoms with Gasteiger partial charge in [0, 0.05) is 36.0 Å². The van der Waals surface area contributed by atoms with E-state index in [0.717, 1.165) is 30.6 Å². The van der Waals surface area contributed by atoms with Crippen molar-refractivity contribution in [2.45, 2.75) is 30.7 Å². The van der Waals surface area contributed by atoms with E-state index < -0.39 is 16.1 Å². The number of carbonyl (C=O) groups is 2. The Morgan fingerprint density at radius 2 is 1.77 bits per heavy atom. The Hall–Kier alpha value is -3.41. The predicted molar refractivity (Wildman–Crippen MR) is 150 cm³/mol. The van der Waals surface area contributed by atoms with Gasteiger partial charge in [-0.2, -0.15) is 0 Å². The van der Waals surface area contributed by atoms with Crippen molar-refractivity contribution in [3.05, 3.63) is 70.3 Å². The lowest BCUT2D eigenvalue weighted by atomic mass is 10.00. The van der Waals surface area contributed by atoms with Gasteiger partial charge in [-0.05, 0) is 79.9 Å². The van der Waals surface area contributed by atoms with E-state index in [4.69, 9.17) is 23.2 Å². The van der Waals surface area contributed by atoms with Gasteiger partial charge in [-0.25, -0.2) is 8.42 Å². The third kappa shape index (κ3) is 5.80. The van der Waals surface area contributed by atoms with Crippen LogP contribution in [0, 0.1) is 0 Å². The minimum atomic E-state index is -3.92. The first-order chi connectivity index (χ1) is 18.6. The molecule has 0 bridgehead atoms. The zero-order chi connectivity index (χ0) is 27.7. The highest BCUT2D eigenvalue weighted by Gasteiger charge is 2.34. The van der Waals surface area contributed by atoms with Gasteiger partial charge in [0.2, 0.25) is 11.8 Å². The summed E-state index contributed by atoms with van der Waals surface area (Å²) in [6.45, 7) is 3.23. The van der Waals surface area contributed by atoms with Gasteiger partial charge in [-0.15, -0.1) is 10.2 Å². The van der Waals surface area contributed by atoms with E-state index in [9.17, 15) is 18.0 Å². The molecule has 204 valence electrons. The van der Waals surface area contributed by atoms with E-state index in [1.54, 1.807) is 21.9 Å². The Bertz CT molecular complexity index is 1500. The molecule has 0 spiro atoms. The van der Waals surface area contributed by atoms with Crippen LogP contribution in [-0.2, 0) is 26.0 Å². The largest absolute Gasteiger partial charge is 0.360 e. The Balaban J connectivity index is 1.23. The second-order valence-electron chi connectivity index (χ2n) is 9.39. The first kappa shape index (κ1) is 27.2. The number of rotatable bonds is 6. The third-order valence-electron chi connectivity index (χ3n) is 6.88. The molecular formula is C26H26Cl2N6O4S. The normalized spacial score (nSPS) is 16.6. The fraction of sp³-hybridized carbons (Fsp3) is 0.308. The topological polar surface area (TPSA) is 116 Å². The molecular weight excluding hydrogens is 563 g/mol. The number of sulfonamides is 1. The summed E-state index contributed by atoms with van der Waals surface area (Å²) in [7, 11) is -3.92. The predicted octanol–water partition coefficient (Wildman–Crippen LogP) is 3.60. The lowest BCUT2D eigenvalue weighted by Gasteiger charge is -2.40. The Morgan fingerprint density at radius 3 is 2.46 bits per heavy atom. The molecule has 0 aliphatic carbocycles. The highest BCUT2D eigenvalue weighted by molar-refractivity contribution is 7.92. The monoisotopic (exact) mass is 588 g/mol. The first-order valence-corrected chi connectivity index (χ1v) is 14.6. The van der Waals surface area contributed by atoms with Gasteiger partial charge in [-0.1, -0.05) is 23.2 Å². The fourth-order valence-corrected chi connectivity index (χ4v) is 6.19. The molecule has 1 fully saturated rings. The number of aryl methyl sites for hydroxylation is 1. The number of benzene rings is 2. The van der Waals surface area contributed by atoms with E-state index in [1.165, 1.54) is 24.3 Å². The summed E-state index contributed by atoms with van der Waals surface area (Å²) in [5, 5.41) is 8.14. The number of nitrogens with one attached hydrogen (secondary N) is 1. The van der Waals surface area contributed by atoms with Gasteiger partial charge in [0.05, 0.1) is 4.90 Å². The van der Waals surface area contributed by atoms with Crippen molar-refractivity contribution < 1.29 is 18.0 Å². The van der Waals surface area contributed by atoms with Crippen LogP contribution in [0.5, 0.6) is 0 Å². The molecule has 39 heavy (non-hydrogen) atoms. The number of anilines is 3. The molecule has 1 atom stereocenters. The molecule has 2 aliphatic rings. The summed E-state index contributed by atoms with van der Waals surface area (Å²) in [4.78, 5) is 31.7. The fourth-order valence-electron chi connectivity index (χ4n) is 4.90. The van der Waals surface area contributed by atoms with Crippen LogP contribution in [0.3, 0.4) is 0 Å². The van der Waals surface area contributed by atoms with Crippen molar-refractivity contribution in [3.63, 3.8) is 0 Å². The SMILES string of the molecule is C[C@@H](C(=O)N1CCN(c2ccc(S(=O)(=O)Nc3ccc(Cl)nn3)cc2)C(=O)C1)N1CCCc2cc(Cl)ccc21. The summed E-state index contributed by atoms with van der Waals surface area (Å²) < 4.78 is 27.7. The highest BCUT2D eigenvalue weighted by atomic mass is 35.5. The molecule has 1 saturated heterocycles. The molecule has 3 aromatic rings. The van der Waals surface area contributed by atoms with Gasteiger partial charge in [-0.3, -0.25) is 14.3 Å². The van der Waals surface area contributed by atoms with Crippen molar-refractivity contribution in [2.75, 3.05) is 40.7 Å². The van der Waals surface area contributed by atoms with Gasteiger partial charge in [0.15, 0.2) is 11.0 Å². The molecule has 2 amide bonds. The van der Waals surface area contributed by atoms with Crippen LogP contribution in [0.25, 0.3) is 0 Å². The highest BCUT2D eigenvalue weighted by Crippen LogP contribution is 2.31. The summed E-state index contributed by atoms with van der Waals surface area (Å²) in [6, 6.07) is 14.1. The maximum atomic E-state index is 13.4. The molecule has 3 heterocycles. The van der Waals surface area contributed by atoms with Crippen molar-refractivity contribution in [2.24, 2.45) is 0 Å². The molecule has 0 radical (unpaired) electrons. The van der Waals surface area contributed by atoms with Crippen LogP contribution in [-0.4, -0.2) is 67.6 Å². The van der Waals surface area contributed by atoms with Crippen molar-refractivity contribution in [3.8, 4) is 0 Å². The van der Waals surface area contributed by atoms with E-state index in [-0.39, 0.29) is 34.2 Å². The maximum absolute atomic E-state index is 13.4. The van der Waals surface area contributed by atoms with Gasteiger partial charge in [0.25, 0.3) is 10.0 Å². The Kier molecular flexibility index (Phi) is 7.66. The molecule has 2 aromatic carbocycles. The summed E-state index contributed by atoms with van der Waals surface area (Å²) in [5.74, 6) is -0.313. The minimum Gasteiger partial charge on any atom is -0.360 e. The molecule has 10 nitrogen and oxygen atoms in total. The maximum Gasteiger partial charge on any atom is 0.263 e. The van der Waals surface area contributed by atoms with E-state index >= 15 is 0 Å². The average molecular weight is 590 g/mol. The van der Waals surface area contributed by atoms with E-state index in [1.807, 2.05) is 25.1 Å². The molecule has 5 rings (SSSR count). The number of nitrogens with zero attached hydrogens (tertiary/aromatic N) is 5. The van der Waals surface area contributed by atoms with Gasteiger partial charge >= 0.3 is 0 Å². The van der Waals surface area contributed by atoms with Crippen LogP contribution < -0.4 is 14.5 Å². The second kappa shape index (κ2) is 11.0. The van der Waals surface area contributed by atoms with Crippen LogP contribution in [0.1, 0.15) is 18.9 Å². The van der Waals surface area contributed by atoms with Crippen LogP contribution >= 0.6 is 23.2 Å². The smallest absolute Gasteiger partial charge is 0.263 e. The number of hydrogen-bond acceptors (Lipinski definition) is 7. The molecule has 13 heteroatoms. The lowest BCUT2D eigenvalue weighted by Crippen LogP contribution is -2.57. The minimum absolute atomic E-state index is 0.00110. The van der Waals surface area contributed by atoms with E-state index in [0.29, 0.717) is 23.8 Å². The summed E-state index contributed by atoms with van der Waals surface area (Å²) >= 11 is 11.9. The molecule has 2 aliphatic heterocycles. The van der Waals surface area contributed by atoms with Crippen molar-refractivity contribution in [1.29, 1.82) is 0 Å². The zero-order valence-corrected chi connectivity index (χ0v) is 23.4. The van der Waals surface area contributed by atoms with Crippen LogP contribution in [0.15, 0.2) is 59.5 Å². The number of carbonyl (C=O) groups excluding carboxylic acids is 2. The first-order valence-electron chi connectivity index (χ1n) is 12.4. The lowest BCUT2D eigenvalue weighted by molar-refractivity contribution is -0.137. The number of halogens is 2. The summed E-state index contributed by atoms with van der Waals surface area (Å²) in [5.41, 5.74) is 2.67. The average Bonchev–Trinajstić information content (AvgIpc) is 2.93. The number of amides is 2. The zero-order valence-electron chi connectivity index (χ0n) is 21.0. The van der Waals surface area contributed by atoms with Crippen LogP contribution in [0.2, 0.25) is 10.2 Å². The Labute approximate surface area is 236 Å². The quantitative estimate of drug-likeness (QED) is 0.467. The molecule has 0 unspecified atom stereocenters. The number of aromatic nitrogens is 2. The standard InChI is InChI=1S/C26H26Cl2N6O4S/c1-17(33-12-2-3-18-15-19(27)4-9-22(18)33)26(36)32-13-14-34(25(35)16-32)20-5-7-21(8-6-20)39(37,38)31-24-11-10-23(28)29-30-24/h4-11,15,17H,2-3,12-14,16H2,1H3,(H,30,31)/t17-/m0/s1. The second-order valence-corrected chi connectivity index (χ2v) is 11.9. The van der Waals surface area contributed by atoms with Crippen molar-refractivity contribution >= 4 is 62.2 Å². The van der Waals surface area contributed by atoms with Crippen molar-refractivity contribution in [1.82, 2.24) is 15.1 Å². The van der Waals surface area contributed by atoms with Crippen LogP contribution in [0.4, 0.5) is 17.2 Å². The molecule has 0 saturated carbocycles. The van der Waals surface area contributed by atoms with E-state index in [2.05, 4.69) is 19.8 Å². The number of hydrogen-bond donors (Lipinski definition) is 1. The molecule has 1 aromatic heterocycles. The summed E-state index contributed by atoms with van der Waals surface area (Å²) in [6.07, 6.45) is 1.84. The third-order valence-corrected chi connectivity index (χ3v) is 8.69. The van der Waals surface area contributed by atoms with Gasteiger partial charge < -0.3 is 14.7 Å². The van der Waals surface area contributed by atoms with Gasteiger partial charge in [0.1, 0.15) is 12.6 Å². The Morgan fingerprint density at radius 1 is 1.00 bits per heavy atom. The molecule has 1 N–H and O–H groups in total.